The van der Waals surface area contributed by atoms with Gasteiger partial charge in [0.25, 0.3) is 5.78 Å². The van der Waals surface area contributed by atoms with Gasteiger partial charge in [0, 0.05) is 36.7 Å². The first-order valence-electron chi connectivity index (χ1n) is 7.73. The van der Waals surface area contributed by atoms with E-state index in [4.69, 9.17) is 0 Å². The van der Waals surface area contributed by atoms with Crippen molar-refractivity contribution in [3.05, 3.63) is 36.5 Å². The zero-order chi connectivity index (χ0) is 14.9. The van der Waals surface area contributed by atoms with E-state index >= 15 is 0 Å². The lowest BCUT2D eigenvalue weighted by atomic mass is 10.0. The van der Waals surface area contributed by atoms with Gasteiger partial charge >= 0.3 is 0 Å². The van der Waals surface area contributed by atoms with Gasteiger partial charge in [-0.25, -0.2) is 4.98 Å². The zero-order valence-electron chi connectivity index (χ0n) is 12.6. The maximum absolute atomic E-state index is 4.44. The van der Waals surface area contributed by atoms with Gasteiger partial charge in [-0.15, -0.1) is 0 Å². The van der Waals surface area contributed by atoms with Crippen LogP contribution in [0.25, 0.3) is 5.78 Å². The molecule has 0 saturated carbocycles. The first kappa shape index (κ1) is 13.2. The molecule has 1 fully saturated rings. The monoisotopic (exact) mass is 297 g/mol. The van der Waals surface area contributed by atoms with E-state index in [0.717, 1.165) is 31.0 Å². The van der Waals surface area contributed by atoms with Crippen LogP contribution in [0.5, 0.6) is 0 Å². The summed E-state index contributed by atoms with van der Waals surface area (Å²) in [6, 6.07) is 4.49. The highest BCUT2D eigenvalue weighted by Crippen LogP contribution is 2.26. The lowest BCUT2D eigenvalue weighted by molar-refractivity contribution is 0.394. The predicted molar refractivity (Wildman–Crippen MR) is 82.7 cm³/mol. The molecule has 1 atom stereocenters. The van der Waals surface area contributed by atoms with Crippen LogP contribution in [0.2, 0.25) is 0 Å². The normalized spacial score (nSPS) is 19.0. The largest absolute Gasteiger partial charge is 0.352 e. The Morgan fingerprint density at radius 1 is 1.27 bits per heavy atom. The third-order valence-electron chi connectivity index (χ3n) is 4.24. The Hall–Kier alpha value is -2.44. The molecule has 1 saturated heterocycles. The number of aromatic nitrogens is 6. The van der Waals surface area contributed by atoms with E-state index in [2.05, 4.69) is 31.1 Å². The minimum absolute atomic E-state index is 0.419. The SMILES string of the molecule is Cc1cc(N2CCCCC2Cn2cccn2)n2ncnc2n1. The molecule has 7 nitrogen and oxygen atoms in total. The molecule has 3 aromatic rings. The van der Waals surface area contributed by atoms with Crippen molar-refractivity contribution < 1.29 is 0 Å². The van der Waals surface area contributed by atoms with Gasteiger partial charge in [-0.2, -0.15) is 19.7 Å². The smallest absolute Gasteiger partial charge is 0.254 e. The molecule has 4 rings (SSSR count). The predicted octanol–water partition coefficient (Wildman–Crippen LogP) is 1.69. The summed E-state index contributed by atoms with van der Waals surface area (Å²) < 4.78 is 3.85. The van der Waals surface area contributed by atoms with Crippen molar-refractivity contribution in [3.8, 4) is 0 Å². The molecule has 7 heteroatoms. The van der Waals surface area contributed by atoms with Crippen molar-refractivity contribution in [3.63, 3.8) is 0 Å². The lowest BCUT2D eigenvalue weighted by Crippen LogP contribution is -2.43. The molecule has 0 N–H and O–H groups in total. The van der Waals surface area contributed by atoms with Gasteiger partial charge in [-0.05, 0) is 32.3 Å². The van der Waals surface area contributed by atoms with E-state index in [-0.39, 0.29) is 0 Å². The Morgan fingerprint density at radius 2 is 2.23 bits per heavy atom. The molecular formula is C15H19N7. The lowest BCUT2D eigenvalue weighted by Gasteiger charge is -2.37. The first-order chi connectivity index (χ1) is 10.8. The van der Waals surface area contributed by atoms with Crippen molar-refractivity contribution in [1.82, 2.24) is 29.4 Å². The minimum Gasteiger partial charge on any atom is -0.352 e. The van der Waals surface area contributed by atoms with Gasteiger partial charge in [-0.1, -0.05) is 0 Å². The number of hydrogen-bond donors (Lipinski definition) is 0. The van der Waals surface area contributed by atoms with Crippen LogP contribution in [-0.4, -0.2) is 41.9 Å². The molecule has 1 aliphatic rings. The Balaban J connectivity index is 1.72. The van der Waals surface area contributed by atoms with Crippen molar-refractivity contribution in [2.24, 2.45) is 0 Å². The molecule has 4 heterocycles. The van der Waals surface area contributed by atoms with E-state index < -0.39 is 0 Å². The van der Waals surface area contributed by atoms with Crippen LogP contribution in [0.15, 0.2) is 30.9 Å². The van der Waals surface area contributed by atoms with Crippen LogP contribution < -0.4 is 4.90 Å². The van der Waals surface area contributed by atoms with Gasteiger partial charge in [0.2, 0.25) is 0 Å². The van der Waals surface area contributed by atoms with Gasteiger partial charge in [-0.3, -0.25) is 4.68 Å². The quantitative estimate of drug-likeness (QED) is 0.736. The van der Waals surface area contributed by atoms with Gasteiger partial charge < -0.3 is 4.90 Å². The summed E-state index contributed by atoms with van der Waals surface area (Å²) >= 11 is 0. The molecule has 1 aliphatic heterocycles. The van der Waals surface area contributed by atoms with Crippen LogP contribution in [0.3, 0.4) is 0 Å². The summed E-state index contributed by atoms with van der Waals surface area (Å²) in [5.74, 6) is 1.75. The maximum Gasteiger partial charge on any atom is 0.254 e. The van der Waals surface area contributed by atoms with Crippen LogP contribution in [0.1, 0.15) is 25.0 Å². The molecule has 0 aliphatic carbocycles. The van der Waals surface area contributed by atoms with Crippen LogP contribution in [-0.2, 0) is 6.54 Å². The summed E-state index contributed by atoms with van der Waals surface area (Å²) in [6.45, 7) is 3.93. The second-order valence-corrected chi connectivity index (χ2v) is 5.80. The Morgan fingerprint density at radius 3 is 3.09 bits per heavy atom. The summed E-state index contributed by atoms with van der Waals surface area (Å²) in [6.07, 6.45) is 9.05. The van der Waals surface area contributed by atoms with E-state index in [1.807, 2.05) is 34.6 Å². The highest BCUT2D eigenvalue weighted by Gasteiger charge is 2.25. The van der Waals surface area contributed by atoms with Gasteiger partial charge in [0.1, 0.15) is 12.1 Å². The molecule has 0 bridgehead atoms. The third kappa shape index (κ3) is 2.32. The molecule has 0 radical (unpaired) electrons. The number of rotatable bonds is 3. The highest BCUT2D eigenvalue weighted by atomic mass is 15.4. The average molecular weight is 297 g/mol. The van der Waals surface area contributed by atoms with E-state index in [9.17, 15) is 0 Å². The number of piperidine rings is 1. The fourth-order valence-electron chi connectivity index (χ4n) is 3.23. The number of aryl methyl sites for hydroxylation is 1. The van der Waals surface area contributed by atoms with Crippen LogP contribution >= 0.6 is 0 Å². The number of hydrogen-bond acceptors (Lipinski definition) is 5. The standard InChI is InChI=1S/C15H19N7/c1-12-9-14(22-15(19-12)16-11-18-22)21-8-3-2-5-13(21)10-20-7-4-6-17-20/h4,6-7,9,11,13H,2-3,5,8,10H2,1H3. The van der Waals surface area contributed by atoms with Crippen LogP contribution in [0.4, 0.5) is 5.82 Å². The molecule has 0 spiro atoms. The second kappa shape index (κ2) is 5.40. The van der Waals surface area contributed by atoms with E-state index in [1.54, 1.807) is 6.33 Å². The molecule has 1 unspecified atom stereocenters. The number of anilines is 1. The minimum atomic E-state index is 0.419. The summed E-state index contributed by atoms with van der Waals surface area (Å²) in [5, 5.41) is 8.70. The molecule has 114 valence electrons. The van der Waals surface area contributed by atoms with Crippen molar-refractivity contribution in [2.75, 3.05) is 11.4 Å². The summed E-state index contributed by atoms with van der Waals surface area (Å²) in [5.41, 5.74) is 0.971. The fourth-order valence-corrected chi connectivity index (χ4v) is 3.23. The molecule has 22 heavy (non-hydrogen) atoms. The summed E-state index contributed by atoms with van der Waals surface area (Å²) in [7, 11) is 0. The topological polar surface area (TPSA) is 64.1 Å². The Kier molecular flexibility index (Phi) is 3.25. The zero-order valence-corrected chi connectivity index (χ0v) is 12.6. The maximum atomic E-state index is 4.44. The Bertz CT molecular complexity index is 761. The Labute approximate surface area is 128 Å². The van der Waals surface area contributed by atoms with Crippen molar-refractivity contribution in [2.45, 2.75) is 38.8 Å². The van der Waals surface area contributed by atoms with Gasteiger partial charge in [0.15, 0.2) is 0 Å². The first-order valence-corrected chi connectivity index (χ1v) is 7.73. The van der Waals surface area contributed by atoms with Crippen molar-refractivity contribution >= 4 is 11.6 Å². The third-order valence-corrected chi connectivity index (χ3v) is 4.24. The highest BCUT2D eigenvalue weighted by molar-refractivity contribution is 5.48. The van der Waals surface area contributed by atoms with Crippen LogP contribution in [0, 0.1) is 6.92 Å². The van der Waals surface area contributed by atoms with E-state index in [1.165, 1.54) is 12.8 Å². The molecule has 0 aromatic carbocycles. The van der Waals surface area contributed by atoms with E-state index in [0.29, 0.717) is 11.8 Å². The number of nitrogens with zero attached hydrogens (tertiary/aromatic N) is 7. The van der Waals surface area contributed by atoms with Gasteiger partial charge in [0.05, 0.1) is 6.54 Å². The summed E-state index contributed by atoms with van der Waals surface area (Å²) in [4.78, 5) is 11.1. The van der Waals surface area contributed by atoms with Crippen molar-refractivity contribution in [1.29, 1.82) is 0 Å². The fraction of sp³-hybridized carbons (Fsp3) is 0.467. The molecule has 0 amide bonds. The second-order valence-electron chi connectivity index (χ2n) is 5.80. The molecule has 3 aromatic heterocycles. The number of fused-ring (bicyclic) bond motifs is 1. The average Bonchev–Trinajstić information content (AvgIpc) is 3.18. The molecular weight excluding hydrogens is 278 g/mol.